The highest BCUT2D eigenvalue weighted by Gasteiger charge is 2.21. The normalized spacial score (nSPS) is 18.2. The first-order valence-corrected chi connectivity index (χ1v) is 9.17. The Hall–Kier alpha value is -2.61. The Morgan fingerprint density at radius 3 is 2.89 bits per heavy atom. The van der Waals surface area contributed by atoms with Crippen molar-refractivity contribution in [2.75, 3.05) is 13.1 Å². The summed E-state index contributed by atoms with van der Waals surface area (Å²) in [4.78, 5) is 22.7. The fourth-order valence-electron chi connectivity index (χ4n) is 3.83. The van der Waals surface area contributed by atoms with Gasteiger partial charge in [0, 0.05) is 24.7 Å². The fraction of sp³-hybridized carbons (Fsp3) is 0.421. The molecule has 1 saturated heterocycles. The molecule has 0 radical (unpaired) electrons. The second-order valence-corrected chi connectivity index (χ2v) is 7.09. The summed E-state index contributed by atoms with van der Waals surface area (Å²) in [5.41, 5.74) is 0.678. The van der Waals surface area contributed by atoms with Gasteiger partial charge >= 0.3 is 0 Å². The van der Waals surface area contributed by atoms with E-state index in [1.54, 1.807) is 0 Å². The number of piperidine rings is 1. The Bertz CT molecular complexity index is 979. The second kappa shape index (κ2) is 7.56. The molecule has 0 amide bonds. The van der Waals surface area contributed by atoms with Crippen LogP contribution in [0.4, 0.5) is 8.78 Å². The van der Waals surface area contributed by atoms with E-state index >= 15 is 0 Å². The van der Waals surface area contributed by atoms with Crippen LogP contribution >= 0.6 is 0 Å². The van der Waals surface area contributed by atoms with Crippen LogP contribution in [0, 0.1) is 17.6 Å². The zero-order chi connectivity index (χ0) is 18.8. The van der Waals surface area contributed by atoms with Gasteiger partial charge in [-0.1, -0.05) is 6.07 Å². The summed E-state index contributed by atoms with van der Waals surface area (Å²) >= 11 is 0. The van der Waals surface area contributed by atoms with Crippen molar-refractivity contribution in [3.63, 3.8) is 0 Å². The first-order valence-electron chi connectivity index (χ1n) is 9.17. The lowest BCUT2D eigenvalue weighted by Gasteiger charge is -2.32. The summed E-state index contributed by atoms with van der Waals surface area (Å²) in [6.07, 6.45) is 4.64. The lowest BCUT2D eigenvalue weighted by molar-refractivity contribution is 0.160. The van der Waals surface area contributed by atoms with Gasteiger partial charge in [-0.2, -0.15) is 4.52 Å². The van der Waals surface area contributed by atoms with Gasteiger partial charge in [-0.15, -0.1) is 0 Å². The molecule has 1 N–H and O–H groups in total. The molecule has 0 bridgehead atoms. The number of aromatic nitrogens is 4. The molecule has 27 heavy (non-hydrogen) atoms. The molecule has 3 aromatic rings. The third-order valence-electron chi connectivity index (χ3n) is 5.17. The Balaban J connectivity index is 1.39. The number of likely N-dealkylation sites (tertiary alicyclic amines) is 1. The highest BCUT2D eigenvalue weighted by Crippen LogP contribution is 2.24. The maximum absolute atomic E-state index is 13.8. The van der Waals surface area contributed by atoms with E-state index in [1.165, 1.54) is 35.1 Å². The molecule has 0 unspecified atom stereocenters. The number of nitrogens with zero attached hydrogens (tertiary/aromatic N) is 4. The lowest BCUT2D eigenvalue weighted by Crippen LogP contribution is -2.35. The molecule has 6 nitrogen and oxygen atoms in total. The monoisotopic (exact) mass is 373 g/mol. The minimum absolute atomic E-state index is 0.174. The summed E-state index contributed by atoms with van der Waals surface area (Å²) < 4.78 is 28.9. The van der Waals surface area contributed by atoms with Crippen molar-refractivity contribution in [3.05, 3.63) is 63.8 Å². The molecule has 0 saturated carbocycles. The van der Waals surface area contributed by atoms with E-state index in [2.05, 4.69) is 20.0 Å². The third kappa shape index (κ3) is 3.90. The molecule has 4 rings (SSSR count). The molecule has 1 atom stereocenters. The molecule has 1 aliphatic rings. The van der Waals surface area contributed by atoms with Gasteiger partial charge < -0.3 is 0 Å². The largest absolute Gasteiger partial charge is 0.297 e. The van der Waals surface area contributed by atoms with Gasteiger partial charge in [0.25, 0.3) is 11.3 Å². The quantitative estimate of drug-likeness (QED) is 0.746. The highest BCUT2D eigenvalue weighted by molar-refractivity contribution is 5.26. The van der Waals surface area contributed by atoms with Crippen LogP contribution in [0.5, 0.6) is 0 Å². The molecule has 0 aliphatic carbocycles. The molecule has 1 aromatic carbocycles. The molecule has 142 valence electrons. The Morgan fingerprint density at radius 1 is 1.26 bits per heavy atom. The molecule has 3 heterocycles. The Morgan fingerprint density at radius 2 is 2.07 bits per heavy atom. The van der Waals surface area contributed by atoms with Gasteiger partial charge in [0.05, 0.1) is 5.69 Å². The summed E-state index contributed by atoms with van der Waals surface area (Å²) in [7, 11) is 0. The van der Waals surface area contributed by atoms with Crippen LogP contribution in [-0.2, 0) is 13.0 Å². The van der Waals surface area contributed by atoms with Crippen molar-refractivity contribution in [2.24, 2.45) is 5.92 Å². The van der Waals surface area contributed by atoms with Gasteiger partial charge in [0.1, 0.15) is 18.0 Å². The van der Waals surface area contributed by atoms with E-state index < -0.39 is 11.6 Å². The molecule has 1 fully saturated rings. The number of fused-ring (bicyclic) bond motifs is 1. The SMILES string of the molecule is O=c1cc(CN2CCC[C@@H](CCc3c(F)cccc3F)C2)nc2nc[nH]n12. The van der Waals surface area contributed by atoms with Crippen LogP contribution in [0.1, 0.15) is 30.5 Å². The van der Waals surface area contributed by atoms with E-state index in [-0.39, 0.29) is 11.1 Å². The van der Waals surface area contributed by atoms with Crippen LogP contribution < -0.4 is 5.56 Å². The minimum Gasteiger partial charge on any atom is -0.297 e. The molecule has 8 heteroatoms. The number of halogens is 2. The Kier molecular flexibility index (Phi) is 4.98. The molecule has 2 aromatic heterocycles. The standard InChI is InChI=1S/C19H21F2N5O/c20-16-4-1-5-17(21)15(16)7-6-13-3-2-8-25(10-13)11-14-9-18(27)26-19(24-14)22-12-23-26/h1,4-5,9,12-13H,2-3,6-8,10-11H2,(H,22,23,24)/t13-/m0/s1. The van der Waals surface area contributed by atoms with E-state index in [4.69, 9.17) is 0 Å². The third-order valence-corrected chi connectivity index (χ3v) is 5.17. The van der Waals surface area contributed by atoms with Crippen molar-refractivity contribution in [1.82, 2.24) is 24.5 Å². The average Bonchev–Trinajstić information content (AvgIpc) is 3.11. The topological polar surface area (TPSA) is 66.3 Å². The van der Waals surface area contributed by atoms with Gasteiger partial charge in [0.2, 0.25) is 0 Å². The van der Waals surface area contributed by atoms with Crippen molar-refractivity contribution in [1.29, 1.82) is 0 Å². The van der Waals surface area contributed by atoms with Crippen molar-refractivity contribution in [2.45, 2.75) is 32.2 Å². The van der Waals surface area contributed by atoms with Crippen molar-refractivity contribution < 1.29 is 8.78 Å². The number of aromatic amines is 1. The highest BCUT2D eigenvalue weighted by atomic mass is 19.1. The average molecular weight is 373 g/mol. The number of H-pyrrole nitrogens is 1. The predicted molar refractivity (Wildman–Crippen MR) is 96.3 cm³/mol. The van der Waals surface area contributed by atoms with E-state index in [9.17, 15) is 13.6 Å². The zero-order valence-electron chi connectivity index (χ0n) is 14.9. The maximum atomic E-state index is 13.8. The lowest BCUT2D eigenvalue weighted by atomic mass is 9.91. The smallest absolute Gasteiger partial charge is 0.274 e. The number of hydrogen-bond acceptors (Lipinski definition) is 4. The number of benzene rings is 1. The van der Waals surface area contributed by atoms with Crippen molar-refractivity contribution >= 4 is 5.78 Å². The van der Waals surface area contributed by atoms with Crippen LogP contribution in [0.25, 0.3) is 5.78 Å². The van der Waals surface area contributed by atoms with E-state index in [0.717, 1.165) is 32.4 Å². The zero-order valence-corrected chi connectivity index (χ0v) is 14.9. The first-order chi connectivity index (χ1) is 13.1. The first kappa shape index (κ1) is 17.8. The molecular weight excluding hydrogens is 352 g/mol. The van der Waals surface area contributed by atoms with Crippen LogP contribution in [0.2, 0.25) is 0 Å². The van der Waals surface area contributed by atoms with E-state index in [0.29, 0.717) is 30.4 Å². The van der Waals surface area contributed by atoms with Crippen molar-refractivity contribution in [3.8, 4) is 0 Å². The second-order valence-electron chi connectivity index (χ2n) is 7.09. The summed E-state index contributed by atoms with van der Waals surface area (Å²) in [6, 6.07) is 5.52. The predicted octanol–water partition coefficient (Wildman–Crippen LogP) is 2.54. The maximum Gasteiger partial charge on any atom is 0.274 e. The number of nitrogens with one attached hydrogen (secondary N) is 1. The fourth-order valence-corrected chi connectivity index (χ4v) is 3.83. The number of hydrogen-bond donors (Lipinski definition) is 1. The van der Waals surface area contributed by atoms with Gasteiger partial charge in [-0.25, -0.2) is 18.7 Å². The van der Waals surface area contributed by atoms with Crippen LogP contribution in [0.3, 0.4) is 0 Å². The van der Waals surface area contributed by atoms with Gasteiger partial charge in [-0.05, 0) is 50.3 Å². The number of rotatable bonds is 5. The summed E-state index contributed by atoms with van der Waals surface area (Å²) in [6.45, 7) is 2.33. The summed E-state index contributed by atoms with van der Waals surface area (Å²) in [5, 5.41) is 2.72. The van der Waals surface area contributed by atoms with Crippen LogP contribution in [0.15, 0.2) is 35.4 Å². The summed E-state index contributed by atoms with van der Waals surface area (Å²) in [5.74, 6) is -0.214. The minimum atomic E-state index is -0.473. The Labute approximate surface area is 154 Å². The van der Waals surface area contributed by atoms with Crippen LogP contribution in [-0.4, -0.2) is 37.6 Å². The van der Waals surface area contributed by atoms with Gasteiger partial charge in [0.15, 0.2) is 0 Å². The van der Waals surface area contributed by atoms with Gasteiger partial charge in [-0.3, -0.25) is 14.8 Å². The molecular formula is C19H21F2N5O. The van der Waals surface area contributed by atoms with E-state index in [1.807, 2.05) is 0 Å². The molecule has 0 spiro atoms. The molecule has 1 aliphatic heterocycles.